The molecule has 1 saturated heterocycles. The van der Waals surface area contributed by atoms with Crippen LogP contribution in [-0.4, -0.2) is 61.3 Å². The molecule has 7 heteroatoms. The number of rotatable bonds is 6. The van der Waals surface area contributed by atoms with E-state index in [0.717, 1.165) is 63.7 Å². The Bertz CT molecular complexity index is 919. The Labute approximate surface area is 197 Å². The Hall–Kier alpha value is -2.64. The van der Waals surface area contributed by atoms with Gasteiger partial charge in [-0.3, -0.25) is 4.90 Å². The Kier molecular flexibility index (Phi) is 7.50. The van der Waals surface area contributed by atoms with E-state index in [1.165, 1.54) is 11.1 Å². The van der Waals surface area contributed by atoms with Gasteiger partial charge in [-0.2, -0.15) is 0 Å². The molecule has 178 valence electrons. The number of hydrogen-bond donors (Lipinski definition) is 2. The molecular weight excluding hydrogens is 414 g/mol. The molecule has 2 N–H and O–H groups in total. The van der Waals surface area contributed by atoms with E-state index < -0.39 is 0 Å². The van der Waals surface area contributed by atoms with Crippen molar-refractivity contribution in [1.29, 1.82) is 0 Å². The number of pyridine rings is 1. The average Bonchev–Trinajstić information content (AvgIpc) is 2.82. The van der Waals surface area contributed by atoms with Crippen LogP contribution in [0.3, 0.4) is 0 Å². The Morgan fingerprint density at radius 3 is 2.55 bits per heavy atom. The van der Waals surface area contributed by atoms with Crippen molar-refractivity contribution in [3.63, 3.8) is 0 Å². The summed E-state index contributed by atoms with van der Waals surface area (Å²) in [4.78, 5) is 22.0. The van der Waals surface area contributed by atoms with Crippen molar-refractivity contribution in [3.05, 3.63) is 59.3 Å². The molecule has 0 bridgehead atoms. The summed E-state index contributed by atoms with van der Waals surface area (Å²) in [6, 6.07) is 12.6. The maximum Gasteiger partial charge on any atom is 0.315 e. The van der Waals surface area contributed by atoms with Crippen LogP contribution in [0.15, 0.2) is 42.6 Å². The first-order chi connectivity index (χ1) is 15.9. The topological polar surface area (TPSA) is 69.7 Å². The van der Waals surface area contributed by atoms with Crippen LogP contribution >= 0.6 is 0 Å². The smallest absolute Gasteiger partial charge is 0.315 e. The zero-order valence-corrected chi connectivity index (χ0v) is 20.1. The lowest BCUT2D eigenvalue weighted by molar-refractivity contribution is 0.122. The van der Waals surface area contributed by atoms with Crippen molar-refractivity contribution in [2.24, 2.45) is 5.41 Å². The maximum absolute atomic E-state index is 12.7. The highest BCUT2D eigenvalue weighted by atomic mass is 16.5. The molecule has 1 aromatic heterocycles. The molecule has 2 amide bonds. The van der Waals surface area contributed by atoms with Crippen LogP contribution in [0.4, 0.5) is 10.6 Å². The predicted octanol–water partition coefficient (Wildman–Crippen LogP) is 3.19. The third-order valence-corrected chi connectivity index (χ3v) is 6.60. The number of aromatic nitrogens is 1. The molecule has 7 nitrogen and oxygen atoms in total. The fourth-order valence-corrected chi connectivity index (χ4v) is 4.40. The minimum atomic E-state index is -0.135. The van der Waals surface area contributed by atoms with E-state index >= 15 is 0 Å². The minimum Gasteiger partial charge on any atom is -0.378 e. The van der Waals surface area contributed by atoms with Gasteiger partial charge in [-0.1, -0.05) is 51.1 Å². The first kappa shape index (κ1) is 23.5. The van der Waals surface area contributed by atoms with Crippen LogP contribution in [0.1, 0.15) is 37.5 Å². The number of hydrogen-bond acceptors (Lipinski definition) is 5. The predicted molar refractivity (Wildman–Crippen MR) is 131 cm³/mol. The second-order valence-electron chi connectivity index (χ2n) is 10.1. The fraction of sp³-hybridized carbons (Fsp3) is 0.538. The SMILES string of the molecule is CC(C)(C)C(CN1CCc2ccccc2C1)NC(=O)NCc1ccc(N2CCOCC2)nc1. The molecule has 2 aliphatic rings. The van der Waals surface area contributed by atoms with Gasteiger partial charge in [0, 0.05) is 51.5 Å². The van der Waals surface area contributed by atoms with Gasteiger partial charge < -0.3 is 20.3 Å². The van der Waals surface area contributed by atoms with Crippen LogP contribution < -0.4 is 15.5 Å². The van der Waals surface area contributed by atoms with Crippen LogP contribution in [0.25, 0.3) is 0 Å². The second kappa shape index (κ2) is 10.5. The summed E-state index contributed by atoms with van der Waals surface area (Å²) < 4.78 is 5.40. The van der Waals surface area contributed by atoms with Gasteiger partial charge in [-0.15, -0.1) is 0 Å². The summed E-state index contributed by atoms with van der Waals surface area (Å²) in [7, 11) is 0. The Morgan fingerprint density at radius 2 is 1.85 bits per heavy atom. The minimum absolute atomic E-state index is 0.0459. The molecule has 4 rings (SSSR count). The van der Waals surface area contributed by atoms with Crippen LogP contribution in [0, 0.1) is 5.41 Å². The van der Waals surface area contributed by atoms with Crippen molar-refractivity contribution in [1.82, 2.24) is 20.5 Å². The molecule has 1 aromatic carbocycles. The number of amides is 2. The molecule has 1 atom stereocenters. The van der Waals surface area contributed by atoms with E-state index in [0.29, 0.717) is 6.54 Å². The molecule has 33 heavy (non-hydrogen) atoms. The monoisotopic (exact) mass is 451 g/mol. The highest BCUT2D eigenvalue weighted by Gasteiger charge is 2.29. The number of nitrogens with one attached hydrogen (secondary N) is 2. The number of carbonyl (C=O) groups is 1. The summed E-state index contributed by atoms with van der Waals surface area (Å²) in [5, 5.41) is 6.24. The number of anilines is 1. The molecule has 2 aliphatic heterocycles. The standard InChI is InChI=1S/C26H37N5O2/c1-26(2,3)23(19-30-11-10-21-6-4-5-7-22(21)18-30)29-25(32)28-17-20-8-9-24(27-16-20)31-12-14-33-15-13-31/h4-9,16,23H,10-15,17-19H2,1-3H3,(H2,28,29,32). The fourth-order valence-electron chi connectivity index (χ4n) is 4.40. The molecule has 0 aliphatic carbocycles. The van der Waals surface area contributed by atoms with Gasteiger partial charge in [-0.25, -0.2) is 9.78 Å². The molecule has 1 fully saturated rings. The quantitative estimate of drug-likeness (QED) is 0.706. The number of ether oxygens (including phenoxy) is 1. The summed E-state index contributed by atoms with van der Waals surface area (Å²) in [5.74, 6) is 0.961. The van der Waals surface area contributed by atoms with Gasteiger partial charge in [0.1, 0.15) is 5.82 Å². The summed E-state index contributed by atoms with van der Waals surface area (Å²) in [6.07, 6.45) is 2.91. The molecule has 0 saturated carbocycles. The molecular formula is C26H37N5O2. The zero-order chi connectivity index (χ0) is 23.3. The lowest BCUT2D eigenvalue weighted by atomic mass is 9.86. The van der Waals surface area contributed by atoms with Crippen molar-refractivity contribution in [2.75, 3.05) is 44.3 Å². The summed E-state index contributed by atoms with van der Waals surface area (Å²) in [5.41, 5.74) is 3.78. The number of nitrogens with zero attached hydrogens (tertiary/aromatic N) is 3. The van der Waals surface area contributed by atoms with Crippen molar-refractivity contribution in [2.45, 2.75) is 46.3 Å². The van der Waals surface area contributed by atoms with Crippen LogP contribution in [0.2, 0.25) is 0 Å². The van der Waals surface area contributed by atoms with Gasteiger partial charge in [-0.05, 0) is 34.6 Å². The lowest BCUT2D eigenvalue weighted by Gasteiger charge is -2.37. The van der Waals surface area contributed by atoms with Gasteiger partial charge >= 0.3 is 6.03 Å². The highest BCUT2D eigenvalue weighted by molar-refractivity contribution is 5.74. The molecule has 1 unspecified atom stereocenters. The van der Waals surface area contributed by atoms with Crippen molar-refractivity contribution < 1.29 is 9.53 Å². The number of carbonyl (C=O) groups excluding carboxylic acids is 1. The molecule has 2 aromatic rings. The second-order valence-corrected chi connectivity index (χ2v) is 10.1. The first-order valence-electron chi connectivity index (χ1n) is 12.0. The van der Waals surface area contributed by atoms with E-state index in [1.54, 1.807) is 0 Å². The van der Waals surface area contributed by atoms with Crippen LogP contribution in [-0.2, 0) is 24.2 Å². The average molecular weight is 452 g/mol. The molecule has 3 heterocycles. The summed E-state index contributed by atoms with van der Waals surface area (Å²) in [6.45, 7) is 13.0. The largest absolute Gasteiger partial charge is 0.378 e. The Morgan fingerprint density at radius 1 is 1.09 bits per heavy atom. The molecule has 0 radical (unpaired) electrons. The lowest BCUT2D eigenvalue weighted by Crippen LogP contribution is -2.53. The van der Waals surface area contributed by atoms with Gasteiger partial charge in [0.05, 0.1) is 13.2 Å². The summed E-state index contributed by atoms with van der Waals surface area (Å²) >= 11 is 0. The number of morpholine rings is 1. The number of benzene rings is 1. The molecule has 0 spiro atoms. The van der Waals surface area contributed by atoms with Crippen LogP contribution in [0.5, 0.6) is 0 Å². The maximum atomic E-state index is 12.7. The first-order valence-corrected chi connectivity index (χ1v) is 12.0. The number of urea groups is 1. The van der Waals surface area contributed by atoms with E-state index in [2.05, 4.69) is 70.5 Å². The van der Waals surface area contributed by atoms with Crippen molar-refractivity contribution in [3.8, 4) is 0 Å². The van der Waals surface area contributed by atoms with Gasteiger partial charge in [0.25, 0.3) is 0 Å². The third kappa shape index (κ3) is 6.45. The van der Waals surface area contributed by atoms with Gasteiger partial charge in [0.15, 0.2) is 0 Å². The van der Waals surface area contributed by atoms with Gasteiger partial charge in [0.2, 0.25) is 0 Å². The van der Waals surface area contributed by atoms with Crippen molar-refractivity contribution >= 4 is 11.8 Å². The van der Waals surface area contributed by atoms with E-state index in [-0.39, 0.29) is 17.5 Å². The van der Waals surface area contributed by atoms with E-state index in [9.17, 15) is 4.79 Å². The number of fused-ring (bicyclic) bond motifs is 1. The van der Waals surface area contributed by atoms with E-state index in [4.69, 9.17) is 4.74 Å². The third-order valence-electron chi connectivity index (χ3n) is 6.60. The Balaban J connectivity index is 1.29. The highest BCUT2D eigenvalue weighted by Crippen LogP contribution is 2.24. The normalized spacial score (nSPS) is 17.8. The van der Waals surface area contributed by atoms with E-state index in [1.807, 2.05) is 18.3 Å². The zero-order valence-electron chi connectivity index (χ0n) is 20.1.